The minimum absolute atomic E-state index is 0.0568. The minimum atomic E-state index is 0.0568. The molecule has 1 heterocycles. The van der Waals surface area contributed by atoms with Crippen molar-refractivity contribution in [1.29, 1.82) is 0 Å². The van der Waals surface area contributed by atoms with Crippen molar-refractivity contribution in [3.05, 3.63) is 24.5 Å². The molecular weight excluding hydrogens is 126 g/mol. The number of unbranched alkanes of at least 4 members (excludes halogenated alkanes) is 1. The molecule has 0 aliphatic rings. The Balaban J connectivity index is 2.15. The van der Waals surface area contributed by atoms with E-state index in [0.717, 1.165) is 19.4 Å². The average Bonchev–Trinajstić information content (AvgIpc) is 2.41. The van der Waals surface area contributed by atoms with Crippen molar-refractivity contribution in [3.63, 3.8) is 0 Å². The third kappa shape index (κ3) is 2.23. The highest BCUT2D eigenvalue weighted by atomic mass is 16.2. The lowest BCUT2D eigenvalue weighted by molar-refractivity contribution is 0.185. The molecule has 2 heteroatoms. The van der Waals surface area contributed by atoms with Crippen LogP contribution in [0.5, 0.6) is 0 Å². The predicted octanol–water partition coefficient (Wildman–Crippen LogP) is 1.70. The van der Waals surface area contributed by atoms with Crippen LogP contribution >= 0.6 is 0 Å². The zero-order valence-electron chi connectivity index (χ0n) is 5.99. The molecule has 0 atom stereocenters. The molecule has 10 heavy (non-hydrogen) atoms. The molecule has 0 spiro atoms. The maximum Gasteiger partial charge on any atom is 0.0823 e. The molecule has 2 nitrogen and oxygen atoms in total. The number of hydrogen-bond donors (Lipinski definition) is 0. The molecule has 1 aromatic heterocycles. The second kappa shape index (κ2) is 4.12. The molecule has 55 valence electrons. The molecule has 0 fully saturated rings. The van der Waals surface area contributed by atoms with Crippen LogP contribution < -0.4 is 0 Å². The second-order valence-electron chi connectivity index (χ2n) is 2.33. The van der Waals surface area contributed by atoms with Gasteiger partial charge in [-0.15, -0.1) is 0 Å². The Morgan fingerprint density at radius 1 is 1.10 bits per heavy atom. The van der Waals surface area contributed by atoms with Gasteiger partial charge in [0.1, 0.15) is 0 Å². The molecule has 1 radical (unpaired) electrons. The summed E-state index contributed by atoms with van der Waals surface area (Å²) < 4.78 is 2.09. The average molecular weight is 138 g/mol. The smallest absolute Gasteiger partial charge is 0.0823 e. The van der Waals surface area contributed by atoms with Gasteiger partial charge >= 0.3 is 0 Å². The van der Waals surface area contributed by atoms with Crippen LogP contribution in [0.2, 0.25) is 0 Å². The summed E-state index contributed by atoms with van der Waals surface area (Å²) >= 11 is 0. The van der Waals surface area contributed by atoms with E-state index in [4.69, 9.17) is 0 Å². The van der Waals surface area contributed by atoms with E-state index in [2.05, 4.69) is 4.57 Å². The van der Waals surface area contributed by atoms with Crippen molar-refractivity contribution in [2.45, 2.75) is 19.4 Å². The first-order chi connectivity index (χ1) is 4.93. The lowest BCUT2D eigenvalue weighted by atomic mass is 10.3. The zero-order valence-corrected chi connectivity index (χ0v) is 5.99. The van der Waals surface area contributed by atoms with E-state index in [0.29, 0.717) is 0 Å². The first-order valence-electron chi connectivity index (χ1n) is 3.62. The Hall–Kier alpha value is -0.760. The Morgan fingerprint density at radius 2 is 1.80 bits per heavy atom. The SMILES string of the molecule is [O]CCCCn1cccc1. The van der Waals surface area contributed by atoms with Crippen molar-refractivity contribution in [2.24, 2.45) is 0 Å². The third-order valence-corrected chi connectivity index (χ3v) is 1.48. The van der Waals surface area contributed by atoms with Crippen LogP contribution in [0.1, 0.15) is 12.8 Å². The van der Waals surface area contributed by atoms with Crippen molar-refractivity contribution >= 4 is 0 Å². The molecule has 0 bridgehead atoms. The van der Waals surface area contributed by atoms with Crippen LogP contribution in [0.15, 0.2) is 24.5 Å². The standard InChI is InChI=1S/C8H12NO/c10-8-4-3-7-9-5-1-2-6-9/h1-2,5-6H,3-4,7-8H2. The molecular formula is C8H12NO. The Morgan fingerprint density at radius 3 is 2.40 bits per heavy atom. The Bertz CT molecular complexity index is 158. The fourth-order valence-electron chi connectivity index (χ4n) is 0.916. The van der Waals surface area contributed by atoms with Gasteiger partial charge in [0.05, 0.1) is 6.61 Å². The fourth-order valence-corrected chi connectivity index (χ4v) is 0.916. The number of aromatic nitrogens is 1. The quantitative estimate of drug-likeness (QED) is 0.566. The largest absolute Gasteiger partial charge is 0.354 e. The lowest BCUT2D eigenvalue weighted by Crippen LogP contribution is -1.94. The molecule has 0 aliphatic carbocycles. The van der Waals surface area contributed by atoms with Crippen molar-refractivity contribution in [3.8, 4) is 0 Å². The monoisotopic (exact) mass is 138 g/mol. The lowest BCUT2D eigenvalue weighted by Gasteiger charge is -1.98. The summed E-state index contributed by atoms with van der Waals surface area (Å²) in [6.45, 7) is 1.04. The van der Waals surface area contributed by atoms with Gasteiger partial charge in [-0.3, -0.25) is 0 Å². The molecule has 0 unspecified atom stereocenters. The first kappa shape index (κ1) is 7.35. The van der Waals surface area contributed by atoms with Crippen LogP contribution in [-0.2, 0) is 11.7 Å². The first-order valence-corrected chi connectivity index (χ1v) is 3.62. The van der Waals surface area contributed by atoms with Crippen molar-refractivity contribution in [1.82, 2.24) is 4.57 Å². The topological polar surface area (TPSA) is 24.8 Å². The van der Waals surface area contributed by atoms with E-state index in [1.165, 1.54) is 0 Å². The van der Waals surface area contributed by atoms with Crippen LogP contribution in [-0.4, -0.2) is 11.2 Å². The molecule has 1 aromatic rings. The van der Waals surface area contributed by atoms with E-state index in [-0.39, 0.29) is 6.61 Å². The van der Waals surface area contributed by atoms with Gasteiger partial charge in [-0.2, -0.15) is 0 Å². The summed E-state index contributed by atoms with van der Waals surface area (Å²) in [7, 11) is 0. The van der Waals surface area contributed by atoms with Gasteiger partial charge in [-0.1, -0.05) is 0 Å². The Labute approximate surface area is 61.1 Å². The molecule has 0 amide bonds. The van der Waals surface area contributed by atoms with E-state index in [9.17, 15) is 5.11 Å². The van der Waals surface area contributed by atoms with Gasteiger partial charge in [0, 0.05) is 18.9 Å². The van der Waals surface area contributed by atoms with Crippen LogP contribution in [0.4, 0.5) is 0 Å². The molecule has 0 saturated heterocycles. The summed E-state index contributed by atoms with van der Waals surface area (Å²) in [4.78, 5) is 0. The zero-order chi connectivity index (χ0) is 7.23. The van der Waals surface area contributed by atoms with Gasteiger partial charge in [0.15, 0.2) is 0 Å². The normalized spacial score (nSPS) is 10.1. The van der Waals surface area contributed by atoms with Crippen molar-refractivity contribution in [2.75, 3.05) is 6.61 Å². The number of rotatable bonds is 4. The minimum Gasteiger partial charge on any atom is -0.354 e. The highest BCUT2D eigenvalue weighted by molar-refractivity contribution is 4.89. The molecule has 1 rings (SSSR count). The van der Waals surface area contributed by atoms with E-state index in [1.807, 2.05) is 24.5 Å². The van der Waals surface area contributed by atoms with E-state index < -0.39 is 0 Å². The summed E-state index contributed by atoms with van der Waals surface area (Å²) in [5.74, 6) is 0. The number of hydrogen-bond acceptors (Lipinski definition) is 0. The van der Waals surface area contributed by atoms with E-state index in [1.54, 1.807) is 0 Å². The molecule has 0 N–H and O–H groups in total. The summed E-state index contributed by atoms with van der Waals surface area (Å²) in [5, 5.41) is 10.0. The highest BCUT2D eigenvalue weighted by Gasteiger charge is 1.87. The predicted molar refractivity (Wildman–Crippen MR) is 39.2 cm³/mol. The number of aryl methyl sites for hydroxylation is 1. The summed E-state index contributed by atoms with van der Waals surface area (Å²) in [5.41, 5.74) is 0. The van der Waals surface area contributed by atoms with E-state index >= 15 is 0 Å². The van der Waals surface area contributed by atoms with Gasteiger partial charge in [0.25, 0.3) is 0 Å². The third-order valence-electron chi connectivity index (χ3n) is 1.48. The van der Waals surface area contributed by atoms with Crippen molar-refractivity contribution < 1.29 is 5.11 Å². The summed E-state index contributed by atoms with van der Waals surface area (Å²) in [6, 6.07) is 3.99. The maximum atomic E-state index is 10.0. The van der Waals surface area contributed by atoms with Crippen LogP contribution in [0, 0.1) is 0 Å². The maximum absolute atomic E-state index is 10.0. The molecule has 0 aliphatic heterocycles. The summed E-state index contributed by atoms with van der Waals surface area (Å²) in [6.07, 6.45) is 5.83. The second-order valence-corrected chi connectivity index (χ2v) is 2.33. The Kier molecular flexibility index (Phi) is 3.03. The fraction of sp³-hybridized carbons (Fsp3) is 0.500. The van der Waals surface area contributed by atoms with Gasteiger partial charge in [0.2, 0.25) is 0 Å². The van der Waals surface area contributed by atoms with Crippen LogP contribution in [0.3, 0.4) is 0 Å². The number of nitrogens with zero attached hydrogens (tertiary/aromatic N) is 1. The molecule has 0 saturated carbocycles. The van der Waals surface area contributed by atoms with Gasteiger partial charge in [-0.05, 0) is 25.0 Å². The van der Waals surface area contributed by atoms with Crippen LogP contribution in [0.25, 0.3) is 0 Å². The molecule has 0 aromatic carbocycles. The van der Waals surface area contributed by atoms with Gasteiger partial charge in [-0.25, -0.2) is 5.11 Å². The van der Waals surface area contributed by atoms with Gasteiger partial charge < -0.3 is 4.57 Å². The highest BCUT2D eigenvalue weighted by Crippen LogP contribution is 1.95.